The van der Waals surface area contributed by atoms with E-state index in [0.29, 0.717) is 12.0 Å². The van der Waals surface area contributed by atoms with Crippen molar-refractivity contribution in [1.29, 1.82) is 0 Å². The number of aryl methyl sites for hydroxylation is 1. The van der Waals surface area contributed by atoms with Crippen LogP contribution in [0.5, 0.6) is 0 Å². The van der Waals surface area contributed by atoms with Crippen LogP contribution in [0.25, 0.3) is 0 Å². The van der Waals surface area contributed by atoms with Crippen molar-refractivity contribution in [3.05, 3.63) is 18.2 Å². The van der Waals surface area contributed by atoms with Gasteiger partial charge in [-0.1, -0.05) is 6.92 Å². The number of nitrogens with zero attached hydrogens (tertiary/aromatic N) is 2. The number of hydrogen-bond donors (Lipinski definition) is 1. The van der Waals surface area contributed by atoms with Gasteiger partial charge in [0.2, 0.25) is 0 Å². The van der Waals surface area contributed by atoms with Gasteiger partial charge in [-0.15, -0.1) is 0 Å². The van der Waals surface area contributed by atoms with Gasteiger partial charge in [0, 0.05) is 32.9 Å². The summed E-state index contributed by atoms with van der Waals surface area (Å²) in [5, 5.41) is 3.49. The molecule has 4 nitrogen and oxygen atoms in total. The maximum atomic E-state index is 5.67. The minimum Gasteiger partial charge on any atom is -0.378 e. The Hall–Kier alpha value is -0.870. The highest BCUT2D eigenvalue weighted by Crippen LogP contribution is 2.22. The Kier molecular flexibility index (Phi) is 3.96. The molecule has 2 rings (SSSR count). The molecule has 16 heavy (non-hydrogen) atoms. The van der Waals surface area contributed by atoms with Crippen LogP contribution < -0.4 is 5.32 Å². The molecule has 0 saturated carbocycles. The molecule has 1 aliphatic heterocycles. The first kappa shape index (κ1) is 11.6. The van der Waals surface area contributed by atoms with E-state index in [9.17, 15) is 0 Å². The van der Waals surface area contributed by atoms with Gasteiger partial charge in [-0.05, 0) is 18.8 Å². The van der Waals surface area contributed by atoms with E-state index in [-0.39, 0.29) is 0 Å². The first-order chi connectivity index (χ1) is 7.81. The highest BCUT2D eigenvalue weighted by Gasteiger charge is 2.25. The summed E-state index contributed by atoms with van der Waals surface area (Å²) in [6.45, 7) is 5.06. The molecule has 0 amide bonds. The van der Waals surface area contributed by atoms with E-state index in [1.54, 1.807) is 0 Å². The molecule has 2 heterocycles. The molecular formula is C12H21N3O. The smallest absolute Gasteiger partial charge is 0.0945 e. The topological polar surface area (TPSA) is 39.1 Å². The van der Waals surface area contributed by atoms with Crippen LogP contribution in [0.3, 0.4) is 0 Å². The predicted octanol–water partition coefficient (Wildman–Crippen LogP) is 1.32. The average Bonchev–Trinajstić information content (AvgIpc) is 2.88. The highest BCUT2D eigenvalue weighted by atomic mass is 16.5. The van der Waals surface area contributed by atoms with Gasteiger partial charge in [0.05, 0.1) is 18.1 Å². The van der Waals surface area contributed by atoms with Gasteiger partial charge in [0.1, 0.15) is 0 Å². The minimum atomic E-state index is 0.457. The molecule has 0 spiro atoms. The molecule has 2 unspecified atom stereocenters. The zero-order valence-electron chi connectivity index (χ0n) is 10.1. The van der Waals surface area contributed by atoms with Gasteiger partial charge < -0.3 is 14.6 Å². The van der Waals surface area contributed by atoms with Gasteiger partial charge in [-0.2, -0.15) is 0 Å². The Morgan fingerprint density at radius 2 is 2.50 bits per heavy atom. The Balaban J connectivity index is 1.74. The third kappa shape index (κ3) is 2.62. The second-order valence-corrected chi connectivity index (χ2v) is 4.49. The quantitative estimate of drug-likeness (QED) is 0.818. The van der Waals surface area contributed by atoms with E-state index in [4.69, 9.17) is 4.74 Å². The third-order valence-electron chi connectivity index (χ3n) is 3.38. The van der Waals surface area contributed by atoms with Crippen molar-refractivity contribution < 1.29 is 4.74 Å². The Morgan fingerprint density at radius 3 is 3.19 bits per heavy atom. The van der Waals surface area contributed by atoms with Crippen molar-refractivity contribution in [3.8, 4) is 0 Å². The Labute approximate surface area is 97.0 Å². The fourth-order valence-electron chi connectivity index (χ4n) is 2.32. The summed E-state index contributed by atoms with van der Waals surface area (Å²) in [6.07, 6.45) is 6.52. The predicted molar refractivity (Wildman–Crippen MR) is 63.1 cm³/mol. The number of aromatic nitrogens is 2. The molecule has 90 valence electrons. The normalized spacial score (nSPS) is 25.1. The summed E-state index contributed by atoms with van der Waals surface area (Å²) in [4.78, 5) is 4.10. The van der Waals surface area contributed by atoms with Crippen molar-refractivity contribution in [3.63, 3.8) is 0 Å². The van der Waals surface area contributed by atoms with Gasteiger partial charge in [0.15, 0.2) is 0 Å². The maximum absolute atomic E-state index is 5.67. The van der Waals surface area contributed by atoms with Crippen molar-refractivity contribution in [2.75, 3.05) is 13.2 Å². The van der Waals surface area contributed by atoms with Gasteiger partial charge in [-0.25, -0.2) is 4.98 Å². The molecule has 1 fully saturated rings. The largest absolute Gasteiger partial charge is 0.378 e. The lowest BCUT2D eigenvalue weighted by Crippen LogP contribution is -2.28. The minimum absolute atomic E-state index is 0.457. The summed E-state index contributed by atoms with van der Waals surface area (Å²) >= 11 is 0. The number of hydrogen-bond acceptors (Lipinski definition) is 3. The van der Waals surface area contributed by atoms with Gasteiger partial charge in [0.25, 0.3) is 0 Å². The van der Waals surface area contributed by atoms with Crippen LogP contribution in [0.4, 0.5) is 0 Å². The first-order valence-corrected chi connectivity index (χ1v) is 6.08. The molecule has 0 aromatic carbocycles. The molecule has 1 saturated heterocycles. The Bertz CT molecular complexity index is 324. The number of ether oxygens (including phenoxy) is 1. The molecule has 4 heteroatoms. The lowest BCUT2D eigenvalue weighted by Gasteiger charge is -2.17. The first-order valence-electron chi connectivity index (χ1n) is 6.08. The van der Waals surface area contributed by atoms with Crippen molar-refractivity contribution in [2.24, 2.45) is 13.0 Å². The monoisotopic (exact) mass is 223 g/mol. The van der Waals surface area contributed by atoms with Crippen LogP contribution >= 0.6 is 0 Å². The summed E-state index contributed by atoms with van der Waals surface area (Å²) in [6, 6.07) is 0. The average molecular weight is 223 g/mol. The molecule has 2 atom stereocenters. The summed E-state index contributed by atoms with van der Waals surface area (Å²) < 4.78 is 7.72. The summed E-state index contributed by atoms with van der Waals surface area (Å²) in [5.41, 5.74) is 1.23. The van der Waals surface area contributed by atoms with Crippen LogP contribution in [-0.4, -0.2) is 28.8 Å². The fraction of sp³-hybridized carbons (Fsp3) is 0.750. The van der Waals surface area contributed by atoms with Gasteiger partial charge in [-0.3, -0.25) is 0 Å². The second kappa shape index (κ2) is 5.46. The van der Waals surface area contributed by atoms with E-state index in [2.05, 4.69) is 21.8 Å². The van der Waals surface area contributed by atoms with Crippen molar-refractivity contribution in [2.45, 2.75) is 32.4 Å². The highest BCUT2D eigenvalue weighted by molar-refractivity contribution is 4.96. The van der Waals surface area contributed by atoms with E-state index >= 15 is 0 Å². The molecule has 0 bridgehead atoms. The van der Waals surface area contributed by atoms with E-state index in [0.717, 1.165) is 26.1 Å². The lowest BCUT2D eigenvalue weighted by atomic mass is 10.00. The van der Waals surface area contributed by atoms with Crippen LogP contribution in [0.15, 0.2) is 12.5 Å². The summed E-state index contributed by atoms with van der Waals surface area (Å²) in [7, 11) is 2.03. The third-order valence-corrected chi connectivity index (χ3v) is 3.38. The molecule has 1 aromatic heterocycles. The molecule has 1 N–H and O–H groups in total. The van der Waals surface area contributed by atoms with Crippen LogP contribution in [0.2, 0.25) is 0 Å². The SMILES string of the molecule is CCC1OCCC1CNCc1cncn1C. The van der Waals surface area contributed by atoms with E-state index in [1.165, 1.54) is 12.1 Å². The molecule has 1 aromatic rings. The second-order valence-electron chi connectivity index (χ2n) is 4.49. The number of rotatable bonds is 5. The standard InChI is InChI=1S/C12H21N3O/c1-3-12-10(4-5-16-12)6-13-7-11-8-14-9-15(11)2/h8-10,12-13H,3-7H2,1-2H3. The van der Waals surface area contributed by atoms with Gasteiger partial charge >= 0.3 is 0 Å². The van der Waals surface area contributed by atoms with Crippen molar-refractivity contribution in [1.82, 2.24) is 14.9 Å². The van der Waals surface area contributed by atoms with E-state index < -0.39 is 0 Å². The van der Waals surface area contributed by atoms with Crippen LogP contribution in [-0.2, 0) is 18.3 Å². The zero-order chi connectivity index (χ0) is 11.4. The summed E-state index contributed by atoms with van der Waals surface area (Å²) in [5.74, 6) is 0.679. The number of imidazole rings is 1. The molecule has 0 radical (unpaired) electrons. The van der Waals surface area contributed by atoms with Crippen molar-refractivity contribution >= 4 is 0 Å². The fourth-order valence-corrected chi connectivity index (χ4v) is 2.32. The van der Waals surface area contributed by atoms with E-state index in [1.807, 2.05) is 19.6 Å². The molecule has 0 aliphatic carbocycles. The zero-order valence-corrected chi connectivity index (χ0v) is 10.1. The molecule has 1 aliphatic rings. The maximum Gasteiger partial charge on any atom is 0.0945 e. The molecular weight excluding hydrogens is 202 g/mol. The number of nitrogens with one attached hydrogen (secondary N) is 1. The van der Waals surface area contributed by atoms with Crippen LogP contribution in [0.1, 0.15) is 25.5 Å². The lowest BCUT2D eigenvalue weighted by molar-refractivity contribution is 0.0872. The van der Waals surface area contributed by atoms with Crippen LogP contribution in [0, 0.1) is 5.92 Å². The Morgan fingerprint density at radius 1 is 1.62 bits per heavy atom.